The number of benzene rings is 1. The number of rotatable bonds is 1. The predicted molar refractivity (Wildman–Crippen MR) is 60.2 cm³/mol. The van der Waals surface area contributed by atoms with Gasteiger partial charge in [0, 0.05) is 12.3 Å². The van der Waals surface area contributed by atoms with E-state index in [0.717, 1.165) is 25.1 Å². The van der Waals surface area contributed by atoms with Crippen molar-refractivity contribution >= 4 is 0 Å². The molecule has 1 aliphatic rings. The second-order valence-corrected chi connectivity index (χ2v) is 4.65. The number of quaternary nitrogens is 1. The highest BCUT2D eigenvalue weighted by atomic mass is 16.3. The summed E-state index contributed by atoms with van der Waals surface area (Å²) >= 11 is 0. The number of nitrogens with one attached hydrogen (secondary N) is 1. The minimum Gasteiger partial charge on any atom is -0.467 e. The molecule has 0 amide bonds. The molecule has 1 saturated heterocycles. The molecular weight excluding hydrogens is 186 g/mol. The highest BCUT2D eigenvalue weighted by Gasteiger charge is 2.40. The fourth-order valence-corrected chi connectivity index (χ4v) is 2.47. The minimum absolute atomic E-state index is 0.265. The van der Waals surface area contributed by atoms with Crippen LogP contribution in [-0.2, 0) is 5.60 Å². The standard InChI is InChI=1S/C13H19NO/c1-11-10-14(2)9-8-13(11,15)12-6-4-3-5-7-12/h3-7,11,14-15H,2,8-10H2,1H3/t11-,13+/m1/s1. The molecule has 3 atom stereocenters. The molecule has 82 valence electrons. The van der Waals surface area contributed by atoms with Crippen molar-refractivity contribution < 1.29 is 10.0 Å². The number of piperidine rings is 1. The summed E-state index contributed by atoms with van der Waals surface area (Å²) < 4.78 is 0. The Bertz CT molecular complexity index is 325. The quantitative estimate of drug-likeness (QED) is 0.644. The van der Waals surface area contributed by atoms with E-state index in [1.165, 1.54) is 4.90 Å². The molecule has 0 aromatic heterocycles. The SMILES string of the molecule is [CH2-][NH+]1CC[C@@](O)(c2ccccc2)[C@H](C)C1. The van der Waals surface area contributed by atoms with Crippen LogP contribution in [-0.4, -0.2) is 18.2 Å². The first kappa shape index (κ1) is 10.7. The highest BCUT2D eigenvalue weighted by Crippen LogP contribution is 2.33. The first-order valence-corrected chi connectivity index (χ1v) is 5.57. The van der Waals surface area contributed by atoms with Gasteiger partial charge in [-0.05, 0) is 5.56 Å². The highest BCUT2D eigenvalue weighted by molar-refractivity contribution is 5.23. The average Bonchev–Trinajstić information content (AvgIpc) is 2.25. The smallest absolute Gasteiger partial charge is 0.103 e. The molecule has 2 heteroatoms. The molecule has 1 fully saturated rings. The lowest BCUT2D eigenvalue weighted by atomic mass is 9.77. The zero-order valence-corrected chi connectivity index (χ0v) is 9.24. The van der Waals surface area contributed by atoms with Gasteiger partial charge in [-0.2, -0.15) is 7.05 Å². The summed E-state index contributed by atoms with van der Waals surface area (Å²) in [7, 11) is 4.01. The van der Waals surface area contributed by atoms with Crippen molar-refractivity contribution in [2.75, 3.05) is 13.1 Å². The van der Waals surface area contributed by atoms with Crippen LogP contribution in [0.5, 0.6) is 0 Å². The molecule has 0 aliphatic carbocycles. The van der Waals surface area contributed by atoms with Crippen LogP contribution in [0.25, 0.3) is 0 Å². The lowest BCUT2D eigenvalue weighted by Gasteiger charge is -2.42. The third kappa shape index (κ3) is 1.92. The van der Waals surface area contributed by atoms with Gasteiger partial charge in [0.2, 0.25) is 0 Å². The summed E-state index contributed by atoms with van der Waals surface area (Å²) in [6.45, 7) is 3.98. The Morgan fingerprint density at radius 3 is 2.67 bits per heavy atom. The molecule has 1 aromatic carbocycles. The van der Waals surface area contributed by atoms with Gasteiger partial charge in [-0.3, -0.25) is 0 Å². The molecule has 2 rings (SSSR count). The van der Waals surface area contributed by atoms with Crippen LogP contribution in [0.4, 0.5) is 0 Å². The van der Waals surface area contributed by atoms with Gasteiger partial charge in [0.05, 0.1) is 13.1 Å². The van der Waals surface area contributed by atoms with Gasteiger partial charge in [-0.15, -0.1) is 0 Å². The van der Waals surface area contributed by atoms with E-state index in [0.29, 0.717) is 0 Å². The van der Waals surface area contributed by atoms with Crippen molar-refractivity contribution in [3.63, 3.8) is 0 Å². The average molecular weight is 205 g/mol. The van der Waals surface area contributed by atoms with Crippen molar-refractivity contribution in [2.45, 2.75) is 18.9 Å². The third-order valence-corrected chi connectivity index (χ3v) is 3.54. The molecule has 1 aromatic rings. The Morgan fingerprint density at radius 1 is 1.40 bits per heavy atom. The van der Waals surface area contributed by atoms with Crippen LogP contribution in [0, 0.1) is 13.0 Å². The van der Waals surface area contributed by atoms with E-state index in [9.17, 15) is 5.11 Å². The summed E-state index contributed by atoms with van der Waals surface area (Å²) in [5, 5.41) is 10.7. The van der Waals surface area contributed by atoms with Crippen molar-refractivity contribution in [2.24, 2.45) is 5.92 Å². The Balaban J connectivity index is 2.27. The van der Waals surface area contributed by atoms with Crippen LogP contribution >= 0.6 is 0 Å². The first-order chi connectivity index (χ1) is 7.13. The molecule has 2 N–H and O–H groups in total. The summed E-state index contributed by atoms with van der Waals surface area (Å²) in [6.07, 6.45) is 0.803. The van der Waals surface area contributed by atoms with E-state index in [-0.39, 0.29) is 5.92 Å². The molecule has 0 bridgehead atoms. The maximum Gasteiger partial charge on any atom is 0.103 e. The van der Waals surface area contributed by atoms with Crippen molar-refractivity contribution in [1.82, 2.24) is 0 Å². The van der Waals surface area contributed by atoms with Crippen LogP contribution < -0.4 is 4.90 Å². The summed E-state index contributed by atoms with van der Waals surface area (Å²) in [5.41, 5.74) is 0.396. The Labute approximate surface area is 91.5 Å². The lowest BCUT2D eigenvalue weighted by Crippen LogP contribution is -3.09. The molecule has 0 saturated carbocycles. The second-order valence-electron chi connectivity index (χ2n) is 4.65. The van der Waals surface area contributed by atoms with Crippen LogP contribution in [0.1, 0.15) is 18.9 Å². The van der Waals surface area contributed by atoms with Gasteiger partial charge in [0.25, 0.3) is 0 Å². The molecule has 1 aliphatic heterocycles. The molecular formula is C13H19NO. The second kappa shape index (κ2) is 3.95. The fraction of sp³-hybridized carbons (Fsp3) is 0.462. The van der Waals surface area contributed by atoms with Gasteiger partial charge >= 0.3 is 0 Å². The Kier molecular flexibility index (Phi) is 2.81. The zero-order chi connectivity index (χ0) is 10.9. The summed E-state index contributed by atoms with van der Waals surface area (Å²) in [6, 6.07) is 10.0. The first-order valence-electron chi connectivity index (χ1n) is 5.57. The number of hydrogen-bond donors (Lipinski definition) is 2. The Hall–Kier alpha value is -0.860. The minimum atomic E-state index is -0.650. The Morgan fingerprint density at radius 2 is 2.07 bits per heavy atom. The number of likely N-dealkylation sites (tertiary alicyclic amines) is 1. The van der Waals surface area contributed by atoms with Gasteiger partial charge in [-0.1, -0.05) is 37.3 Å². The maximum atomic E-state index is 10.7. The van der Waals surface area contributed by atoms with Crippen molar-refractivity contribution in [1.29, 1.82) is 0 Å². The van der Waals surface area contributed by atoms with Gasteiger partial charge < -0.3 is 10.0 Å². The fourth-order valence-electron chi connectivity index (χ4n) is 2.47. The van der Waals surface area contributed by atoms with E-state index in [4.69, 9.17) is 0 Å². The molecule has 0 spiro atoms. The largest absolute Gasteiger partial charge is 0.467 e. The molecule has 0 radical (unpaired) electrons. The maximum absolute atomic E-state index is 10.7. The van der Waals surface area contributed by atoms with E-state index in [1.807, 2.05) is 30.3 Å². The van der Waals surface area contributed by atoms with E-state index < -0.39 is 5.60 Å². The van der Waals surface area contributed by atoms with Crippen LogP contribution in [0.3, 0.4) is 0 Å². The summed E-state index contributed by atoms with van der Waals surface area (Å²) in [5.74, 6) is 0.265. The number of hydrogen-bond acceptors (Lipinski definition) is 1. The van der Waals surface area contributed by atoms with E-state index in [1.54, 1.807) is 0 Å². The summed E-state index contributed by atoms with van der Waals surface area (Å²) in [4.78, 5) is 1.27. The zero-order valence-electron chi connectivity index (χ0n) is 9.24. The number of aliphatic hydroxyl groups is 1. The molecule has 2 nitrogen and oxygen atoms in total. The molecule has 1 heterocycles. The third-order valence-electron chi connectivity index (χ3n) is 3.54. The molecule has 1 unspecified atom stereocenters. The van der Waals surface area contributed by atoms with E-state index in [2.05, 4.69) is 14.0 Å². The van der Waals surface area contributed by atoms with Crippen molar-refractivity contribution in [3.05, 3.63) is 42.9 Å². The predicted octanol–water partition coefficient (Wildman–Crippen LogP) is 0.590. The van der Waals surface area contributed by atoms with E-state index >= 15 is 0 Å². The van der Waals surface area contributed by atoms with Gasteiger partial charge in [0.1, 0.15) is 5.60 Å². The van der Waals surface area contributed by atoms with Crippen LogP contribution in [0.15, 0.2) is 30.3 Å². The monoisotopic (exact) mass is 205 g/mol. The van der Waals surface area contributed by atoms with Crippen LogP contribution in [0.2, 0.25) is 0 Å². The van der Waals surface area contributed by atoms with Gasteiger partial charge in [0.15, 0.2) is 0 Å². The lowest BCUT2D eigenvalue weighted by molar-refractivity contribution is -0.867. The van der Waals surface area contributed by atoms with Crippen molar-refractivity contribution in [3.8, 4) is 0 Å². The normalized spacial score (nSPS) is 36.5. The topological polar surface area (TPSA) is 24.7 Å². The van der Waals surface area contributed by atoms with Gasteiger partial charge in [-0.25, -0.2) is 0 Å². The molecule has 15 heavy (non-hydrogen) atoms.